The molecule has 0 fully saturated rings. The lowest BCUT2D eigenvalue weighted by atomic mass is 9.96. The fourth-order valence-electron chi connectivity index (χ4n) is 6.95. The van der Waals surface area contributed by atoms with Gasteiger partial charge in [-0.15, -0.1) is 22.7 Å². The van der Waals surface area contributed by atoms with Crippen molar-refractivity contribution in [1.29, 1.82) is 0 Å². The molecule has 0 saturated heterocycles. The summed E-state index contributed by atoms with van der Waals surface area (Å²) in [6, 6.07) is 44.0. The lowest BCUT2D eigenvalue weighted by molar-refractivity contribution is 0.926. The Hall–Kier alpha value is -6.09. The second kappa shape index (κ2) is 11.8. The van der Waals surface area contributed by atoms with E-state index in [1.807, 2.05) is 28.7 Å². The molecule has 8 heteroatoms. The number of nitrogens with zero attached hydrogens (tertiary/aromatic N) is 5. The average molecular weight is 679 g/mol. The summed E-state index contributed by atoms with van der Waals surface area (Å²) in [6.07, 6.45) is 4.82. The van der Waals surface area contributed by atoms with Gasteiger partial charge in [0.15, 0.2) is 11.7 Å². The van der Waals surface area contributed by atoms with Crippen LogP contribution in [0.1, 0.15) is 5.56 Å². The van der Waals surface area contributed by atoms with Crippen LogP contribution in [-0.2, 0) is 0 Å². The van der Waals surface area contributed by atoms with E-state index < -0.39 is 0 Å². The maximum absolute atomic E-state index is 4.61. The first kappa shape index (κ1) is 28.9. The third-order valence-electron chi connectivity index (χ3n) is 9.32. The van der Waals surface area contributed by atoms with E-state index in [4.69, 9.17) is 0 Å². The van der Waals surface area contributed by atoms with Gasteiger partial charge in [-0.25, -0.2) is 24.9 Å². The Morgan fingerprint density at radius 3 is 1.46 bits per heavy atom. The number of hydrogen-bond acceptors (Lipinski definition) is 8. The topological polar surface area (TPSA) is 75.4 Å². The van der Waals surface area contributed by atoms with E-state index in [-0.39, 0.29) is 0 Å². The highest BCUT2D eigenvalue weighted by Gasteiger charge is 2.16. The molecule has 0 bridgehead atoms. The van der Waals surface area contributed by atoms with Gasteiger partial charge in [0.05, 0.1) is 6.34 Å². The normalized spacial score (nSPS) is 12.9. The summed E-state index contributed by atoms with van der Waals surface area (Å²) >= 11 is 3.68. The van der Waals surface area contributed by atoms with Gasteiger partial charge in [-0.1, -0.05) is 72.8 Å². The van der Waals surface area contributed by atoms with Crippen LogP contribution in [-0.4, -0.2) is 33.8 Å². The van der Waals surface area contributed by atoms with Crippen molar-refractivity contribution in [1.82, 2.24) is 20.3 Å². The number of benzene rings is 6. The lowest BCUT2D eigenvalue weighted by Gasteiger charge is -2.12. The molecule has 236 valence electrons. The van der Waals surface area contributed by atoms with Gasteiger partial charge in [0.1, 0.15) is 19.3 Å². The fraction of sp³-hybridized carbons (Fsp3) is 0.0238. The summed E-state index contributed by atoms with van der Waals surface area (Å²) in [6.45, 7) is 0.536. The molecule has 0 atom stereocenters. The molecule has 0 unspecified atom stereocenters. The van der Waals surface area contributed by atoms with E-state index in [9.17, 15) is 0 Å². The zero-order valence-electron chi connectivity index (χ0n) is 26.5. The monoisotopic (exact) mass is 678 g/mol. The van der Waals surface area contributed by atoms with Gasteiger partial charge >= 0.3 is 0 Å². The summed E-state index contributed by atoms with van der Waals surface area (Å²) in [4.78, 5) is 22.0. The third kappa shape index (κ3) is 4.88. The first-order chi connectivity index (χ1) is 24.8. The molecule has 6 aromatic carbocycles. The van der Waals surface area contributed by atoms with Gasteiger partial charge in [-0.05, 0) is 81.9 Å². The Morgan fingerprint density at radius 1 is 0.480 bits per heavy atom. The molecule has 1 N–H and O–H groups in total. The molecule has 0 spiro atoms. The van der Waals surface area contributed by atoms with Crippen LogP contribution in [0.15, 0.2) is 144 Å². The molecule has 1 aliphatic heterocycles. The van der Waals surface area contributed by atoms with E-state index >= 15 is 0 Å². The van der Waals surface area contributed by atoms with E-state index in [0.717, 1.165) is 39.2 Å². The van der Waals surface area contributed by atoms with Gasteiger partial charge in [-0.3, -0.25) is 0 Å². The van der Waals surface area contributed by atoms with Crippen molar-refractivity contribution in [2.75, 3.05) is 6.67 Å². The van der Waals surface area contributed by atoms with Crippen molar-refractivity contribution in [2.45, 2.75) is 0 Å². The number of thiophene rings is 2. The van der Waals surface area contributed by atoms with Crippen LogP contribution in [0.5, 0.6) is 0 Å². The van der Waals surface area contributed by atoms with Crippen LogP contribution < -0.4 is 5.32 Å². The zero-order chi connectivity index (χ0) is 33.0. The molecule has 6 nitrogen and oxygen atoms in total. The second-order valence-electron chi connectivity index (χ2n) is 12.2. The van der Waals surface area contributed by atoms with Crippen molar-refractivity contribution in [3.05, 3.63) is 140 Å². The summed E-state index contributed by atoms with van der Waals surface area (Å²) in [5.41, 5.74) is 8.98. The predicted octanol–water partition coefficient (Wildman–Crippen LogP) is 10.6. The van der Waals surface area contributed by atoms with Gasteiger partial charge < -0.3 is 5.32 Å². The Balaban J connectivity index is 1.07. The minimum Gasteiger partial charge on any atom is -0.357 e. The van der Waals surface area contributed by atoms with Crippen LogP contribution in [0.4, 0.5) is 0 Å². The predicted molar refractivity (Wildman–Crippen MR) is 210 cm³/mol. The summed E-state index contributed by atoms with van der Waals surface area (Å²) in [5.74, 6) is 1.43. The standard InChI is InChI=1S/C42H26N6S2/c1-3-7-31(41-45-21-43-22-46-41)29(5-1)27-11-15-39-35(19-27)33-17-25(9-13-37(33)49-39)26-10-14-38-34(18-26)36-20-28(12-16-40(36)50-38)30-6-2-4-8-32(30)42-47-23-44-24-48-42/h1-23H,24H2,(H,44,47,48). The number of nitrogens with one attached hydrogen (secondary N) is 1. The molecule has 0 amide bonds. The van der Waals surface area contributed by atoms with E-state index in [1.54, 1.807) is 19.0 Å². The van der Waals surface area contributed by atoms with Crippen LogP contribution in [0.25, 0.3) is 85.1 Å². The first-order valence-corrected chi connectivity index (χ1v) is 18.0. The van der Waals surface area contributed by atoms with Gasteiger partial charge in [0, 0.05) is 51.5 Å². The number of rotatable bonds is 5. The molecule has 0 saturated carbocycles. The fourth-order valence-corrected chi connectivity index (χ4v) is 9.08. The molecule has 4 heterocycles. The van der Waals surface area contributed by atoms with Crippen LogP contribution in [0.3, 0.4) is 0 Å². The number of aromatic nitrogens is 3. The van der Waals surface area contributed by atoms with Crippen molar-refractivity contribution in [3.8, 4) is 44.8 Å². The van der Waals surface area contributed by atoms with Crippen LogP contribution >= 0.6 is 22.7 Å². The summed E-state index contributed by atoms with van der Waals surface area (Å²) in [7, 11) is 0. The van der Waals surface area contributed by atoms with Crippen molar-refractivity contribution in [3.63, 3.8) is 0 Å². The Bertz CT molecular complexity index is 2830. The third-order valence-corrected chi connectivity index (χ3v) is 11.6. The lowest BCUT2D eigenvalue weighted by Crippen LogP contribution is -2.19. The molecule has 1 aliphatic rings. The largest absolute Gasteiger partial charge is 0.357 e. The highest BCUT2D eigenvalue weighted by Crippen LogP contribution is 2.42. The quantitative estimate of drug-likeness (QED) is 0.197. The molecule has 0 aliphatic carbocycles. The van der Waals surface area contributed by atoms with E-state index in [2.05, 4.69) is 146 Å². The molecule has 50 heavy (non-hydrogen) atoms. The van der Waals surface area contributed by atoms with Gasteiger partial charge in [0.2, 0.25) is 0 Å². The maximum Gasteiger partial charge on any atom is 0.163 e. The Labute approximate surface area is 295 Å². The number of fused-ring (bicyclic) bond motifs is 6. The van der Waals surface area contributed by atoms with Crippen molar-refractivity contribution < 1.29 is 0 Å². The molecular formula is C42H26N6S2. The smallest absolute Gasteiger partial charge is 0.163 e. The molecular weight excluding hydrogens is 653 g/mol. The molecule has 3 aromatic heterocycles. The summed E-state index contributed by atoms with van der Waals surface area (Å²) < 4.78 is 5.11. The van der Waals surface area contributed by atoms with Crippen molar-refractivity contribution in [2.24, 2.45) is 9.98 Å². The SMILES string of the molecule is C1=NC(c2ccccc2-c2ccc3sc4ccc(-c5ccc6sc7ccc(-c8ccccc8-c8ncncn8)cc7c6c5)cc4c3c2)=NCN1. The highest BCUT2D eigenvalue weighted by molar-refractivity contribution is 7.26. The number of hydrogen-bond donors (Lipinski definition) is 1. The Morgan fingerprint density at radius 2 is 0.940 bits per heavy atom. The highest BCUT2D eigenvalue weighted by atomic mass is 32.1. The van der Waals surface area contributed by atoms with Gasteiger partial charge in [0.25, 0.3) is 0 Å². The van der Waals surface area contributed by atoms with Crippen LogP contribution in [0.2, 0.25) is 0 Å². The minimum absolute atomic E-state index is 0.536. The zero-order valence-corrected chi connectivity index (χ0v) is 28.2. The minimum atomic E-state index is 0.536. The number of amidine groups is 1. The Kier molecular flexibility index (Phi) is 6.82. The van der Waals surface area contributed by atoms with Gasteiger partial charge in [-0.2, -0.15) is 0 Å². The van der Waals surface area contributed by atoms with E-state index in [0.29, 0.717) is 12.5 Å². The summed E-state index contributed by atoms with van der Waals surface area (Å²) in [5, 5.41) is 8.10. The molecule has 10 rings (SSSR count). The molecule has 9 aromatic rings. The van der Waals surface area contributed by atoms with Crippen LogP contribution in [0, 0.1) is 0 Å². The van der Waals surface area contributed by atoms with E-state index in [1.165, 1.54) is 51.5 Å². The first-order valence-electron chi connectivity index (χ1n) is 16.3. The number of aliphatic imine (C=N–C) groups is 2. The van der Waals surface area contributed by atoms with Crippen molar-refractivity contribution >= 4 is 75.2 Å². The second-order valence-corrected chi connectivity index (χ2v) is 14.4. The maximum atomic E-state index is 4.61. The molecule has 0 radical (unpaired) electrons. The average Bonchev–Trinajstić information content (AvgIpc) is 3.75.